The van der Waals surface area contributed by atoms with Crippen molar-refractivity contribution in [2.45, 2.75) is 25.7 Å². The summed E-state index contributed by atoms with van der Waals surface area (Å²) in [5.41, 5.74) is 8.30. The number of aliphatic hydroxyl groups is 2. The van der Waals surface area contributed by atoms with Gasteiger partial charge in [-0.05, 0) is 65.8 Å². The van der Waals surface area contributed by atoms with Crippen LogP contribution < -0.4 is 9.47 Å². The van der Waals surface area contributed by atoms with E-state index in [2.05, 4.69) is 84.9 Å². The second kappa shape index (κ2) is 10.2. The van der Waals surface area contributed by atoms with Crippen LogP contribution in [0.5, 0.6) is 11.5 Å². The largest absolute Gasteiger partial charge is 0.491 e. The molecule has 36 heavy (non-hydrogen) atoms. The van der Waals surface area contributed by atoms with Crippen LogP contribution in [0, 0.1) is 13.8 Å². The number of hydrogen-bond acceptors (Lipinski definition) is 4. The highest BCUT2D eigenvalue weighted by atomic mass is 16.5. The predicted molar refractivity (Wildman–Crippen MR) is 142 cm³/mol. The fourth-order valence-electron chi connectivity index (χ4n) is 5.59. The van der Waals surface area contributed by atoms with Crippen molar-refractivity contribution in [2.24, 2.45) is 0 Å². The quantitative estimate of drug-likeness (QED) is 0.315. The van der Waals surface area contributed by atoms with Gasteiger partial charge in [0.25, 0.3) is 0 Å². The van der Waals surface area contributed by atoms with Crippen molar-refractivity contribution in [3.63, 3.8) is 0 Å². The summed E-state index contributed by atoms with van der Waals surface area (Å²) in [5.74, 6) is 1.48. The lowest BCUT2D eigenvalue weighted by Gasteiger charge is -2.43. The Hall–Kier alpha value is -3.60. The molecular formula is C32H32O4. The Morgan fingerprint density at radius 3 is 1.50 bits per heavy atom. The van der Waals surface area contributed by atoms with Crippen molar-refractivity contribution in [1.29, 1.82) is 0 Å². The molecule has 184 valence electrons. The third-order valence-corrected chi connectivity index (χ3v) is 7.00. The number of ether oxygens (including phenoxy) is 2. The summed E-state index contributed by atoms with van der Waals surface area (Å²) in [5, 5.41) is 19.2. The zero-order valence-corrected chi connectivity index (χ0v) is 20.8. The first-order chi connectivity index (χ1) is 17.6. The maximum absolute atomic E-state index is 9.60. The molecule has 0 saturated heterocycles. The maximum atomic E-state index is 9.60. The molecule has 0 spiro atoms. The fraction of sp³-hybridized carbons (Fsp3) is 0.250. The van der Waals surface area contributed by atoms with Crippen molar-refractivity contribution in [2.75, 3.05) is 26.4 Å². The summed E-state index contributed by atoms with van der Waals surface area (Å²) < 4.78 is 12.4. The Morgan fingerprint density at radius 2 is 1.06 bits per heavy atom. The van der Waals surface area contributed by atoms with Crippen LogP contribution in [0.3, 0.4) is 0 Å². The normalized spacial score (nSPS) is 13.6. The molecule has 2 N–H and O–H groups in total. The van der Waals surface area contributed by atoms with Crippen molar-refractivity contribution in [3.8, 4) is 11.5 Å². The van der Waals surface area contributed by atoms with Crippen LogP contribution in [0.2, 0.25) is 0 Å². The average Bonchev–Trinajstić information content (AvgIpc) is 2.90. The molecule has 1 aliphatic rings. The molecule has 0 aromatic heterocycles. The van der Waals surface area contributed by atoms with E-state index in [1.165, 1.54) is 22.3 Å². The average molecular weight is 481 g/mol. The van der Waals surface area contributed by atoms with Gasteiger partial charge in [-0.2, -0.15) is 0 Å². The molecule has 0 bridgehead atoms. The highest BCUT2D eigenvalue weighted by Gasteiger charge is 2.47. The van der Waals surface area contributed by atoms with Crippen molar-refractivity contribution in [3.05, 3.63) is 129 Å². The number of fused-ring (bicyclic) bond motifs is 2. The number of rotatable bonds is 8. The summed E-state index contributed by atoms with van der Waals surface area (Å²) in [6, 6.07) is 29.8. The molecule has 4 aromatic carbocycles. The van der Waals surface area contributed by atoms with Gasteiger partial charge < -0.3 is 19.7 Å². The molecule has 0 atom stereocenters. The van der Waals surface area contributed by atoms with Gasteiger partial charge >= 0.3 is 0 Å². The molecule has 4 heteroatoms. The van der Waals surface area contributed by atoms with Gasteiger partial charge in [0.2, 0.25) is 0 Å². The van der Waals surface area contributed by atoms with Gasteiger partial charge in [0.15, 0.2) is 0 Å². The van der Waals surface area contributed by atoms with E-state index in [-0.39, 0.29) is 26.4 Å². The molecule has 0 saturated carbocycles. The van der Waals surface area contributed by atoms with E-state index in [4.69, 9.17) is 9.47 Å². The Balaban J connectivity index is 1.94. The van der Waals surface area contributed by atoms with Gasteiger partial charge in [0.05, 0.1) is 18.6 Å². The van der Waals surface area contributed by atoms with E-state index in [0.717, 1.165) is 40.2 Å². The number of benzene rings is 4. The zero-order chi connectivity index (χ0) is 25.1. The van der Waals surface area contributed by atoms with Crippen molar-refractivity contribution >= 4 is 0 Å². The van der Waals surface area contributed by atoms with E-state index in [1.807, 2.05) is 13.8 Å². The first kappa shape index (κ1) is 24.1. The molecule has 4 aromatic rings. The third-order valence-electron chi connectivity index (χ3n) is 7.00. The number of hydrogen-bond donors (Lipinski definition) is 2. The second-order valence-electron chi connectivity index (χ2n) is 9.38. The number of aryl methyl sites for hydroxylation is 2. The summed E-state index contributed by atoms with van der Waals surface area (Å²) >= 11 is 0. The highest BCUT2D eigenvalue weighted by Crippen LogP contribution is 2.55. The van der Waals surface area contributed by atoms with E-state index in [1.54, 1.807) is 0 Å². The molecule has 0 radical (unpaired) electrons. The van der Waals surface area contributed by atoms with Gasteiger partial charge in [-0.3, -0.25) is 0 Å². The second-order valence-corrected chi connectivity index (χ2v) is 9.38. The van der Waals surface area contributed by atoms with Gasteiger partial charge in [-0.15, -0.1) is 0 Å². The Kier molecular flexibility index (Phi) is 6.82. The Bertz CT molecular complexity index is 1270. The SMILES string of the molecule is Cc1ccc(C2(c3ccc(C)cc3OCCO)c3ccccc3Cc3ccccc32)c(OCCO)c1. The first-order valence-corrected chi connectivity index (χ1v) is 12.5. The lowest BCUT2D eigenvalue weighted by molar-refractivity contribution is 0.197. The highest BCUT2D eigenvalue weighted by molar-refractivity contribution is 5.71. The lowest BCUT2D eigenvalue weighted by Crippen LogP contribution is -2.37. The van der Waals surface area contributed by atoms with E-state index in [9.17, 15) is 10.2 Å². The first-order valence-electron chi connectivity index (χ1n) is 12.5. The monoisotopic (exact) mass is 480 g/mol. The minimum absolute atomic E-state index is 0.0665. The number of aliphatic hydroxyl groups excluding tert-OH is 2. The van der Waals surface area contributed by atoms with Crippen molar-refractivity contribution in [1.82, 2.24) is 0 Å². The van der Waals surface area contributed by atoms with Gasteiger partial charge in [0, 0.05) is 11.1 Å². The Morgan fingerprint density at radius 1 is 0.611 bits per heavy atom. The molecule has 5 rings (SSSR count). The van der Waals surface area contributed by atoms with Crippen LogP contribution in [0.25, 0.3) is 0 Å². The van der Waals surface area contributed by atoms with Gasteiger partial charge in [0.1, 0.15) is 24.7 Å². The van der Waals surface area contributed by atoms with Crippen LogP contribution in [-0.2, 0) is 11.8 Å². The Labute approximate surface area is 212 Å². The maximum Gasteiger partial charge on any atom is 0.124 e. The minimum Gasteiger partial charge on any atom is -0.491 e. The smallest absolute Gasteiger partial charge is 0.124 e. The van der Waals surface area contributed by atoms with E-state index >= 15 is 0 Å². The van der Waals surface area contributed by atoms with Gasteiger partial charge in [-0.1, -0.05) is 72.8 Å². The van der Waals surface area contributed by atoms with Crippen molar-refractivity contribution < 1.29 is 19.7 Å². The lowest BCUT2D eigenvalue weighted by atomic mass is 9.59. The van der Waals surface area contributed by atoms with Crippen LogP contribution in [-0.4, -0.2) is 36.6 Å². The summed E-state index contributed by atoms with van der Waals surface area (Å²) in [7, 11) is 0. The van der Waals surface area contributed by atoms with Crippen LogP contribution in [0.15, 0.2) is 84.9 Å². The molecule has 0 amide bonds. The molecule has 4 nitrogen and oxygen atoms in total. The van der Waals surface area contributed by atoms with Gasteiger partial charge in [-0.25, -0.2) is 0 Å². The van der Waals surface area contributed by atoms with Crippen LogP contribution in [0.1, 0.15) is 44.5 Å². The molecule has 0 heterocycles. The summed E-state index contributed by atoms with van der Waals surface area (Å²) in [6.45, 7) is 4.38. The van der Waals surface area contributed by atoms with Crippen LogP contribution in [0.4, 0.5) is 0 Å². The van der Waals surface area contributed by atoms with E-state index in [0.29, 0.717) is 0 Å². The fourth-order valence-corrected chi connectivity index (χ4v) is 5.59. The molecule has 0 unspecified atom stereocenters. The topological polar surface area (TPSA) is 58.9 Å². The summed E-state index contributed by atoms with van der Waals surface area (Å²) in [4.78, 5) is 0. The third kappa shape index (κ3) is 4.06. The molecule has 1 aliphatic carbocycles. The molecule has 0 aliphatic heterocycles. The standard InChI is InChI=1S/C32H32O4/c1-22-11-13-28(30(19-22)35-17-15-33)32(29-14-12-23(2)20-31(29)36-18-16-34)26-9-5-3-7-24(26)21-25-8-4-6-10-27(25)32/h3-14,19-20,33-34H,15-18,21H2,1-2H3. The zero-order valence-electron chi connectivity index (χ0n) is 20.8. The predicted octanol–water partition coefficient (Wildman–Crippen LogP) is 5.33. The molecular weight excluding hydrogens is 448 g/mol. The molecule has 0 fully saturated rings. The van der Waals surface area contributed by atoms with Crippen LogP contribution >= 0.6 is 0 Å². The minimum atomic E-state index is -0.720. The summed E-state index contributed by atoms with van der Waals surface area (Å²) in [6.07, 6.45) is 0.839. The van der Waals surface area contributed by atoms with E-state index < -0.39 is 5.41 Å².